The summed E-state index contributed by atoms with van der Waals surface area (Å²) in [5, 5.41) is 12.8. The molecular weight excluding hydrogens is 701 g/mol. The van der Waals surface area contributed by atoms with E-state index in [0.717, 1.165) is 28.0 Å². The Morgan fingerprint density at radius 2 is 1.03 bits per heavy atom. The summed E-state index contributed by atoms with van der Waals surface area (Å²) in [6.45, 7) is 11.2. The van der Waals surface area contributed by atoms with Gasteiger partial charge in [0.05, 0.1) is 11.1 Å². The van der Waals surface area contributed by atoms with Crippen LogP contribution in [-0.2, 0) is 10.8 Å². The molecule has 276 valence electrons. The highest BCUT2D eigenvalue weighted by molar-refractivity contribution is 6.16. The summed E-state index contributed by atoms with van der Waals surface area (Å²) in [4.78, 5) is 0. The van der Waals surface area contributed by atoms with Gasteiger partial charge in [0.25, 0.3) is 0 Å². The molecule has 1 spiro atoms. The molecule has 58 heavy (non-hydrogen) atoms. The van der Waals surface area contributed by atoms with E-state index in [1.165, 1.54) is 77.5 Å². The molecule has 3 aliphatic rings. The van der Waals surface area contributed by atoms with Crippen LogP contribution >= 0.6 is 0 Å². The minimum absolute atomic E-state index is 0.152. The van der Waals surface area contributed by atoms with Gasteiger partial charge >= 0.3 is 0 Å². The van der Waals surface area contributed by atoms with Crippen molar-refractivity contribution in [2.75, 3.05) is 0 Å². The van der Waals surface area contributed by atoms with E-state index in [0.29, 0.717) is 0 Å². The smallest absolute Gasteiger partial charge is 0.115 e. The van der Waals surface area contributed by atoms with Crippen molar-refractivity contribution in [3.05, 3.63) is 239 Å². The third-order valence-electron chi connectivity index (χ3n) is 13.3. The standard InChI is InChI=1S/C56H42N2/c1-5-52(42-32-33-45-39-21-10-9-20-38(39)43-23-17-24-44(42)53(43)45)57-58-54(36-18-7-6-8-19-36)35(2)37-30-31-41-40-22-11-12-25-46(40)56(51(41)34-37)49-28-15-13-26-47(49)55(3,4)48-27-14-16-29-50(48)56/h5-34,52H,1H2,2-4H3/b54-35+,58-57?. The average Bonchev–Trinajstić information content (AvgIpc) is 3.76. The fourth-order valence-corrected chi connectivity index (χ4v) is 10.6. The summed E-state index contributed by atoms with van der Waals surface area (Å²) in [7, 11) is 0. The zero-order chi connectivity index (χ0) is 39.2. The van der Waals surface area contributed by atoms with E-state index in [2.05, 4.69) is 203 Å². The molecule has 0 fully saturated rings. The van der Waals surface area contributed by atoms with Crippen molar-refractivity contribution >= 4 is 22.0 Å². The molecule has 0 aliphatic heterocycles. The molecule has 0 saturated heterocycles. The molecule has 8 aromatic carbocycles. The number of hydrogen-bond donors (Lipinski definition) is 0. The SMILES string of the molecule is C=CC(N=N/C(=C(\C)c1ccc2c(c1)C1(c3ccccc3-2)c2ccccc2C(C)(C)c2ccccc21)c1ccccc1)c1ccc2c3c(cccc13)-c1ccccc1-2. The van der Waals surface area contributed by atoms with Crippen LogP contribution in [0.3, 0.4) is 0 Å². The molecule has 0 amide bonds. The van der Waals surface area contributed by atoms with Crippen LogP contribution in [-0.4, -0.2) is 0 Å². The second-order valence-corrected chi connectivity index (χ2v) is 16.5. The quantitative estimate of drug-likeness (QED) is 0.0921. The largest absolute Gasteiger partial charge is 0.176 e. The van der Waals surface area contributed by atoms with Gasteiger partial charge in [-0.15, -0.1) is 6.58 Å². The maximum atomic E-state index is 5.19. The Kier molecular flexibility index (Phi) is 7.59. The first-order chi connectivity index (χ1) is 28.4. The van der Waals surface area contributed by atoms with Gasteiger partial charge in [0.2, 0.25) is 0 Å². The van der Waals surface area contributed by atoms with Crippen LogP contribution in [0, 0.1) is 0 Å². The highest BCUT2D eigenvalue weighted by Gasteiger charge is 2.53. The number of benzene rings is 8. The number of azo groups is 1. The lowest BCUT2D eigenvalue weighted by atomic mass is 9.55. The molecule has 1 unspecified atom stereocenters. The molecule has 11 rings (SSSR count). The summed E-state index contributed by atoms with van der Waals surface area (Å²) in [6.07, 6.45) is 1.92. The third-order valence-corrected chi connectivity index (χ3v) is 13.3. The predicted molar refractivity (Wildman–Crippen MR) is 241 cm³/mol. The Morgan fingerprint density at radius 1 is 0.500 bits per heavy atom. The summed E-state index contributed by atoms with van der Waals surface area (Å²) >= 11 is 0. The molecule has 0 bridgehead atoms. The lowest BCUT2D eigenvalue weighted by molar-refractivity contribution is 0.563. The highest BCUT2D eigenvalue weighted by Crippen LogP contribution is 2.62. The van der Waals surface area contributed by atoms with Crippen molar-refractivity contribution in [3.63, 3.8) is 0 Å². The number of hydrogen-bond acceptors (Lipinski definition) is 2. The summed E-state index contributed by atoms with van der Waals surface area (Å²) in [5.74, 6) is 0. The first-order valence-corrected chi connectivity index (χ1v) is 20.3. The summed E-state index contributed by atoms with van der Waals surface area (Å²) < 4.78 is 0. The Hall–Kier alpha value is -6.90. The van der Waals surface area contributed by atoms with E-state index in [-0.39, 0.29) is 11.5 Å². The number of rotatable bonds is 6. The Morgan fingerprint density at radius 3 is 1.71 bits per heavy atom. The van der Waals surface area contributed by atoms with Crippen molar-refractivity contribution in [2.45, 2.75) is 37.6 Å². The summed E-state index contributed by atoms with van der Waals surface area (Å²) in [6, 6.07) is 64.2. The minimum atomic E-state index is -0.470. The van der Waals surface area contributed by atoms with Crippen LogP contribution in [0.2, 0.25) is 0 Å². The molecule has 8 aromatic rings. The average molecular weight is 743 g/mol. The van der Waals surface area contributed by atoms with E-state index < -0.39 is 5.41 Å². The van der Waals surface area contributed by atoms with Crippen LogP contribution in [0.25, 0.3) is 55.4 Å². The molecule has 1 atom stereocenters. The Bertz CT molecular complexity index is 2990. The van der Waals surface area contributed by atoms with Gasteiger partial charge in [-0.1, -0.05) is 190 Å². The fourth-order valence-electron chi connectivity index (χ4n) is 10.6. The zero-order valence-corrected chi connectivity index (χ0v) is 33.0. The molecule has 3 aliphatic carbocycles. The topological polar surface area (TPSA) is 24.7 Å². The van der Waals surface area contributed by atoms with Gasteiger partial charge in [-0.3, -0.25) is 0 Å². The maximum absolute atomic E-state index is 5.19. The normalized spacial score (nSPS) is 15.6. The van der Waals surface area contributed by atoms with Gasteiger partial charge in [-0.2, -0.15) is 10.2 Å². The lowest BCUT2D eigenvalue weighted by Crippen LogP contribution is -2.40. The first kappa shape index (κ1) is 34.4. The maximum Gasteiger partial charge on any atom is 0.115 e. The Balaban J connectivity index is 1.10. The Labute approximate surface area is 340 Å². The van der Waals surface area contributed by atoms with Gasteiger partial charge in [0, 0.05) is 11.0 Å². The molecule has 0 aromatic heterocycles. The van der Waals surface area contributed by atoms with Crippen molar-refractivity contribution in [1.29, 1.82) is 0 Å². The fraction of sp³-hybridized carbons (Fsp3) is 0.107. The molecule has 2 nitrogen and oxygen atoms in total. The second-order valence-electron chi connectivity index (χ2n) is 16.5. The van der Waals surface area contributed by atoms with Crippen molar-refractivity contribution < 1.29 is 0 Å². The van der Waals surface area contributed by atoms with Crippen LogP contribution in [0.15, 0.2) is 199 Å². The van der Waals surface area contributed by atoms with Crippen molar-refractivity contribution in [2.24, 2.45) is 10.2 Å². The van der Waals surface area contributed by atoms with E-state index in [4.69, 9.17) is 10.2 Å². The first-order valence-electron chi connectivity index (χ1n) is 20.3. The summed E-state index contributed by atoms with van der Waals surface area (Å²) in [5.41, 5.74) is 20.3. The zero-order valence-electron chi connectivity index (χ0n) is 33.0. The molecular formula is C56H42N2. The van der Waals surface area contributed by atoms with Crippen LogP contribution < -0.4 is 0 Å². The second kappa shape index (κ2) is 12.8. The molecule has 0 radical (unpaired) electrons. The van der Waals surface area contributed by atoms with Gasteiger partial charge in [-0.25, -0.2) is 0 Å². The minimum Gasteiger partial charge on any atom is -0.176 e. The van der Waals surface area contributed by atoms with Crippen LogP contribution in [0.1, 0.15) is 76.9 Å². The van der Waals surface area contributed by atoms with E-state index in [1.807, 2.05) is 6.08 Å². The molecule has 0 heterocycles. The number of nitrogens with zero attached hydrogens (tertiary/aromatic N) is 2. The van der Waals surface area contributed by atoms with Crippen molar-refractivity contribution in [1.82, 2.24) is 0 Å². The number of allylic oxidation sites excluding steroid dienone is 1. The monoisotopic (exact) mass is 742 g/mol. The van der Waals surface area contributed by atoms with Gasteiger partial charge in [-0.05, 0) is 107 Å². The molecule has 2 heteroatoms. The third kappa shape index (κ3) is 4.66. The van der Waals surface area contributed by atoms with Crippen molar-refractivity contribution in [3.8, 4) is 33.4 Å². The van der Waals surface area contributed by atoms with E-state index in [9.17, 15) is 0 Å². The predicted octanol–water partition coefficient (Wildman–Crippen LogP) is 14.8. The molecule has 0 saturated carbocycles. The van der Waals surface area contributed by atoms with Gasteiger partial charge < -0.3 is 0 Å². The highest BCUT2D eigenvalue weighted by atomic mass is 15.1. The van der Waals surface area contributed by atoms with E-state index >= 15 is 0 Å². The van der Waals surface area contributed by atoms with Crippen LogP contribution in [0.4, 0.5) is 0 Å². The lowest BCUT2D eigenvalue weighted by Gasteiger charge is -2.46. The number of fused-ring (bicyclic) bond motifs is 12. The van der Waals surface area contributed by atoms with Crippen LogP contribution in [0.5, 0.6) is 0 Å². The molecule has 0 N–H and O–H groups in total. The van der Waals surface area contributed by atoms with E-state index in [1.54, 1.807) is 0 Å². The van der Waals surface area contributed by atoms with Gasteiger partial charge in [0.15, 0.2) is 0 Å². The van der Waals surface area contributed by atoms with Gasteiger partial charge in [0.1, 0.15) is 6.04 Å².